The van der Waals surface area contributed by atoms with Crippen molar-refractivity contribution in [2.45, 2.75) is 69.9 Å². The van der Waals surface area contributed by atoms with Gasteiger partial charge in [0.05, 0.1) is 0 Å². The standard InChI is InChI=1S/C31H39P/c1-2-3-4-5-6-16-23-32-30(27-19-12-8-13-20-27)24-29(26-17-10-7-11-18-26)25-31(32)28-21-14-9-15-22-28/h7-15,17-22,29-30,32H,2-6,16,23-25H2,1H3. The van der Waals surface area contributed by atoms with E-state index in [0.717, 1.165) is 0 Å². The van der Waals surface area contributed by atoms with Crippen LogP contribution in [0.5, 0.6) is 0 Å². The van der Waals surface area contributed by atoms with Crippen LogP contribution in [0, 0.1) is 0 Å². The summed E-state index contributed by atoms with van der Waals surface area (Å²) in [6.07, 6.45) is 12.3. The minimum Gasteiger partial charge on any atom is -0.106 e. The molecule has 4 rings (SSSR count). The highest BCUT2D eigenvalue weighted by Crippen LogP contribution is 2.55. The molecule has 3 unspecified atom stereocenters. The summed E-state index contributed by atoms with van der Waals surface area (Å²) in [5, 5.41) is 1.79. The molecule has 1 aliphatic heterocycles. The Balaban J connectivity index is 1.68. The predicted molar refractivity (Wildman–Crippen MR) is 145 cm³/mol. The van der Waals surface area contributed by atoms with Gasteiger partial charge >= 0.3 is 0 Å². The van der Waals surface area contributed by atoms with Crippen molar-refractivity contribution in [3.8, 4) is 0 Å². The van der Waals surface area contributed by atoms with Gasteiger partial charge in [-0.25, -0.2) is 0 Å². The Bertz CT molecular complexity index is 959. The van der Waals surface area contributed by atoms with Gasteiger partial charge in [-0.15, -0.1) is 7.55 Å². The highest BCUT2D eigenvalue weighted by atomic mass is 31.1. The van der Waals surface area contributed by atoms with Crippen LogP contribution in [0.4, 0.5) is 0 Å². The zero-order valence-electron chi connectivity index (χ0n) is 19.7. The largest absolute Gasteiger partial charge is 0.106 e. The van der Waals surface area contributed by atoms with Crippen molar-refractivity contribution in [2.75, 3.05) is 6.16 Å². The third kappa shape index (κ3) is 6.05. The lowest BCUT2D eigenvalue weighted by Crippen LogP contribution is -2.18. The molecular formula is C31H39P. The molecule has 168 valence electrons. The molecule has 0 saturated heterocycles. The van der Waals surface area contributed by atoms with Gasteiger partial charge in [0, 0.05) is 5.66 Å². The average Bonchev–Trinajstić information content (AvgIpc) is 2.87. The molecule has 1 heteroatoms. The third-order valence-electron chi connectivity index (χ3n) is 7.17. The van der Waals surface area contributed by atoms with Crippen molar-refractivity contribution < 1.29 is 0 Å². The fourth-order valence-corrected chi connectivity index (χ4v) is 9.37. The van der Waals surface area contributed by atoms with Gasteiger partial charge in [-0.05, 0) is 53.3 Å². The molecule has 3 atom stereocenters. The van der Waals surface area contributed by atoms with Crippen molar-refractivity contribution in [2.24, 2.45) is 0 Å². The number of hydrogen-bond donors (Lipinski definition) is 0. The van der Waals surface area contributed by atoms with Crippen molar-refractivity contribution >= 4 is 12.8 Å². The molecule has 0 fully saturated rings. The summed E-state index contributed by atoms with van der Waals surface area (Å²) < 4.78 is 0. The van der Waals surface area contributed by atoms with E-state index in [1.807, 2.05) is 0 Å². The van der Waals surface area contributed by atoms with E-state index in [4.69, 9.17) is 0 Å². The molecule has 1 aliphatic rings. The van der Waals surface area contributed by atoms with Gasteiger partial charge in [-0.1, -0.05) is 130 Å². The summed E-state index contributed by atoms with van der Waals surface area (Å²) in [4.78, 5) is 0. The lowest BCUT2D eigenvalue weighted by atomic mass is 9.86. The van der Waals surface area contributed by atoms with Gasteiger partial charge < -0.3 is 0 Å². The maximum Gasteiger partial charge on any atom is 0.00237 e. The van der Waals surface area contributed by atoms with Crippen LogP contribution >= 0.6 is 7.55 Å². The van der Waals surface area contributed by atoms with Gasteiger partial charge in [0.15, 0.2) is 0 Å². The summed E-state index contributed by atoms with van der Waals surface area (Å²) >= 11 is 0. The van der Waals surface area contributed by atoms with Gasteiger partial charge in [0.25, 0.3) is 0 Å². The molecule has 0 nitrogen and oxygen atoms in total. The smallest absolute Gasteiger partial charge is 0.00237 e. The van der Waals surface area contributed by atoms with E-state index in [0.29, 0.717) is 11.6 Å². The van der Waals surface area contributed by atoms with Crippen LogP contribution in [0.1, 0.15) is 86.6 Å². The predicted octanol–water partition coefficient (Wildman–Crippen LogP) is 9.10. The maximum absolute atomic E-state index is 2.40. The van der Waals surface area contributed by atoms with Crippen LogP contribution < -0.4 is 0 Å². The van der Waals surface area contributed by atoms with Crippen LogP contribution in [0.3, 0.4) is 0 Å². The Hall–Kier alpha value is -2.04. The second-order valence-electron chi connectivity index (χ2n) is 9.40. The second kappa shape index (κ2) is 12.3. The Morgan fingerprint density at radius 1 is 0.656 bits per heavy atom. The first-order valence-electron chi connectivity index (χ1n) is 12.7. The Labute approximate surface area is 196 Å². The Kier molecular flexibility index (Phi) is 8.87. The highest BCUT2D eigenvalue weighted by Gasteiger charge is 2.30. The highest BCUT2D eigenvalue weighted by molar-refractivity contribution is 7.60. The maximum atomic E-state index is 2.40. The molecule has 0 amide bonds. The van der Waals surface area contributed by atoms with E-state index >= 15 is 0 Å². The molecule has 0 N–H and O–H groups in total. The molecule has 0 radical (unpaired) electrons. The average molecular weight is 443 g/mol. The lowest BCUT2D eigenvalue weighted by molar-refractivity contribution is 0.616. The second-order valence-corrected chi connectivity index (χ2v) is 12.2. The van der Waals surface area contributed by atoms with Crippen LogP contribution in [0.2, 0.25) is 0 Å². The summed E-state index contributed by atoms with van der Waals surface area (Å²) in [6, 6.07) is 34.1. The van der Waals surface area contributed by atoms with Crippen LogP contribution in [-0.4, -0.2) is 11.5 Å². The van der Waals surface area contributed by atoms with Crippen LogP contribution in [-0.2, 0) is 0 Å². The summed E-state index contributed by atoms with van der Waals surface area (Å²) in [5.74, 6) is 0.620. The number of hydrogen-bond acceptors (Lipinski definition) is 0. The molecule has 0 spiro atoms. The van der Waals surface area contributed by atoms with Crippen molar-refractivity contribution in [1.82, 2.24) is 0 Å². The zero-order valence-corrected chi connectivity index (χ0v) is 20.7. The molecule has 32 heavy (non-hydrogen) atoms. The van der Waals surface area contributed by atoms with Crippen molar-refractivity contribution in [3.63, 3.8) is 0 Å². The van der Waals surface area contributed by atoms with Gasteiger partial charge in [-0.2, -0.15) is 0 Å². The van der Waals surface area contributed by atoms with Gasteiger partial charge in [0.1, 0.15) is 0 Å². The Morgan fingerprint density at radius 3 is 1.88 bits per heavy atom. The molecule has 0 saturated carbocycles. The molecule has 0 aliphatic carbocycles. The Morgan fingerprint density at radius 2 is 1.22 bits per heavy atom. The summed E-state index contributed by atoms with van der Waals surface area (Å²) in [7, 11) is -0.645. The molecule has 0 bridgehead atoms. The van der Waals surface area contributed by atoms with E-state index in [9.17, 15) is 0 Å². The number of unbranched alkanes of at least 4 members (excludes halogenated alkanes) is 5. The van der Waals surface area contributed by atoms with E-state index in [1.165, 1.54) is 68.7 Å². The van der Waals surface area contributed by atoms with E-state index in [-0.39, 0.29) is 0 Å². The topological polar surface area (TPSA) is 0 Å². The van der Waals surface area contributed by atoms with Crippen molar-refractivity contribution in [1.29, 1.82) is 0 Å². The fraction of sp³-hybridized carbons (Fsp3) is 0.387. The van der Waals surface area contributed by atoms with E-state index in [1.54, 1.807) is 10.9 Å². The first kappa shape index (κ1) is 23.1. The van der Waals surface area contributed by atoms with Crippen LogP contribution in [0.15, 0.2) is 91.0 Å². The number of rotatable bonds is 10. The van der Waals surface area contributed by atoms with E-state index in [2.05, 4.69) is 97.9 Å². The molecule has 3 aromatic carbocycles. The van der Waals surface area contributed by atoms with E-state index < -0.39 is 7.55 Å². The lowest BCUT2D eigenvalue weighted by Gasteiger charge is -2.36. The normalized spacial score (nSPS) is 20.9. The SMILES string of the molecule is CCCCCCCC[PH]1=C(c2ccccc2)CC(c2ccccc2)CC1c1ccccc1. The summed E-state index contributed by atoms with van der Waals surface area (Å²) in [5.41, 5.74) is 5.30. The minimum atomic E-state index is -0.645. The first-order valence-corrected chi connectivity index (χ1v) is 14.5. The molecular weight excluding hydrogens is 403 g/mol. The quantitative estimate of drug-likeness (QED) is 0.217. The van der Waals surface area contributed by atoms with Gasteiger partial charge in [-0.3, -0.25) is 0 Å². The van der Waals surface area contributed by atoms with Crippen LogP contribution in [0.25, 0.3) is 0 Å². The summed E-state index contributed by atoms with van der Waals surface area (Å²) in [6.45, 7) is 2.31. The third-order valence-corrected chi connectivity index (χ3v) is 10.7. The van der Waals surface area contributed by atoms with Gasteiger partial charge in [0.2, 0.25) is 0 Å². The molecule has 3 aromatic rings. The zero-order chi connectivity index (χ0) is 22.0. The number of benzene rings is 3. The fourth-order valence-electron chi connectivity index (χ4n) is 5.46. The monoisotopic (exact) mass is 442 g/mol. The minimum absolute atomic E-state index is 0.620. The molecule has 0 aromatic heterocycles. The van der Waals surface area contributed by atoms with Crippen molar-refractivity contribution in [3.05, 3.63) is 108 Å². The first-order chi connectivity index (χ1) is 15.9. The molecule has 1 heterocycles.